The minimum Gasteiger partial charge on any atom is -0.279 e. The summed E-state index contributed by atoms with van der Waals surface area (Å²) in [5, 5.41) is 0. The SMILES string of the molecule is NN.O=S(=O)(O)C(F)(F)F. The molecule has 5 N–H and O–H groups in total. The first-order chi connectivity index (χ1) is 4.25. The minimum atomic E-state index is -5.84. The van der Waals surface area contributed by atoms with Gasteiger partial charge in [-0.2, -0.15) is 21.6 Å². The first-order valence-electron chi connectivity index (χ1n) is 1.62. The number of hydrogen-bond acceptors (Lipinski definition) is 4. The molecule has 0 rings (SSSR count). The predicted octanol–water partition coefficient (Wildman–Crippen LogP) is -0.787. The van der Waals surface area contributed by atoms with E-state index in [1.54, 1.807) is 0 Å². The molecule has 0 radical (unpaired) electrons. The number of hydrogen-bond donors (Lipinski definition) is 3. The van der Waals surface area contributed by atoms with Crippen LogP contribution in [0.3, 0.4) is 0 Å². The Labute approximate surface area is 54.5 Å². The summed E-state index contributed by atoms with van der Waals surface area (Å²) >= 11 is 0. The van der Waals surface area contributed by atoms with Crippen LogP contribution in [-0.2, 0) is 10.1 Å². The van der Waals surface area contributed by atoms with Crippen LogP contribution in [0.25, 0.3) is 0 Å². The zero-order valence-corrected chi connectivity index (χ0v) is 5.28. The molecule has 0 aliphatic heterocycles. The van der Waals surface area contributed by atoms with Gasteiger partial charge >= 0.3 is 15.6 Å². The van der Waals surface area contributed by atoms with Crippen LogP contribution in [0.1, 0.15) is 0 Å². The highest BCUT2D eigenvalue weighted by atomic mass is 32.2. The monoisotopic (exact) mass is 182 g/mol. The number of halogens is 3. The van der Waals surface area contributed by atoms with Crippen molar-refractivity contribution in [3.63, 3.8) is 0 Å². The number of alkyl halides is 3. The lowest BCUT2D eigenvalue weighted by Crippen LogP contribution is -2.21. The van der Waals surface area contributed by atoms with Gasteiger partial charge in [0, 0.05) is 0 Å². The molecular weight excluding hydrogens is 177 g/mol. The molecular formula is CH5F3N2O3S. The van der Waals surface area contributed by atoms with Gasteiger partial charge in [-0.3, -0.25) is 16.2 Å². The van der Waals surface area contributed by atoms with E-state index < -0.39 is 15.6 Å². The Hall–Kier alpha value is -0.380. The van der Waals surface area contributed by atoms with E-state index in [0.717, 1.165) is 0 Å². The Morgan fingerprint density at radius 1 is 1.20 bits per heavy atom. The van der Waals surface area contributed by atoms with E-state index >= 15 is 0 Å². The van der Waals surface area contributed by atoms with Gasteiger partial charge in [0.15, 0.2) is 0 Å². The van der Waals surface area contributed by atoms with Crippen molar-refractivity contribution in [2.45, 2.75) is 5.51 Å². The quantitative estimate of drug-likeness (QED) is 0.197. The third-order valence-electron chi connectivity index (χ3n) is 0.292. The van der Waals surface area contributed by atoms with E-state index in [1.807, 2.05) is 0 Å². The molecule has 0 aromatic heterocycles. The maximum Gasteiger partial charge on any atom is 0.522 e. The van der Waals surface area contributed by atoms with Crippen molar-refractivity contribution in [3.05, 3.63) is 0 Å². The Balaban J connectivity index is 0. The molecule has 0 spiro atoms. The molecule has 0 aliphatic rings. The lowest BCUT2D eigenvalue weighted by Gasteiger charge is -1.97. The van der Waals surface area contributed by atoms with Crippen LogP contribution in [0.2, 0.25) is 0 Å². The molecule has 0 saturated carbocycles. The molecule has 0 heterocycles. The van der Waals surface area contributed by atoms with E-state index in [0.29, 0.717) is 0 Å². The molecule has 0 bridgehead atoms. The Bertz CT molecular complexity index is 171. The van der Waals surface area contributed by atoms with Crippen LogP contribution in [0.15, 0.2) is 0 Å². The summed E-state index contributed by atoms with van der Waals surface area (Å²) in [7, 11) is -5.84. The summed E-state index contributed by atoms with van der Waals surface area (Å²) in [5.41, 5.74) is -5.53. The van der Waals surface area contributed by atoms with Crippen LogP contribution in [0, 0.1) is 0 Å². The van der Waals surface area contributed by atoms with Gasteiger partial charge in [0.25, 0.3) is 0 Å². The standard InChI is InChI=1S/CHF3O3S.H4N2/c2-1(3,4)8(5,6)7;1-2/h(H,5,6,7);1-2H2. The summed E-state index contributed by atoms with van der Waals surface area (Å²) in [4.78, 5) is 0. The lowest BCUT2D eigenvalue weighted by molar-refractivity contribution is -0.0510. The zero-order chi connectivity index (χ0) is 9.00. The molecule has 64 valence electrons. The highest BCUT2D eigenvalue weighted by Gasteiger charge is 2.44. The summed E-state index contributed by atoms with van der Waals surface area (Å²) in [5.74, 6) is 8.00. The summed E-state index contributed by atoms with van der Waals surface area (Å²) in [6.07, 6.45) is 0. The highest BCUT2D eigenvalue weighted by Crippen LogP contribution is 2.20. The minimum absolute atomic E-state index is 4.00. The van der Waals surface area contributed by atoms with Gasteiger partial charge in [0.2, 0.25) is 0 Å². The third kappa shape index (κ3) is 4.49. The number of rotatable bonds is 0. The second-order valence-electron chi connectivity index (χ2n) is 0.921. The molecule has 0 atom stereocenters. The van der Waals surface area contributed by atoms with Crippen molar-refractivity contribution < 1.29 is 26.1 Å². The van der Waals surface area contributed by atoms with Gasteiger partial charge in [-0.15, -0.1) is 0 Å². The smallest absolute Gasteiger partial charge is 0.279 e. The van der Waals surface area contributed by atoms with Crippen molar-refractivity contribution in [2.24, 2.45) is 11.7 Å². The van der Waals surface area contributed by atoms with Gasteiger partial charge in [0.1, 0.15) is 0 Å². The topological polar surface area (TPSA) is 106 Å². The predicted molar refractivity (Wildman–Crippen MR) is 26.0 cm³/mol. The summed E-state index contributed by atoms with van der Waals surface area (Å²) < 4.78 is 57.5. The fourth-order valence-corrected chi connectivity index (χ4v) is 0. The van der Waals surface area contributed by atoms with Crippen molar-refractivity contribution in [1.29, 1.82) is 0 Å². The van der Waals surface area contributed by atoms with E-state index in [1.165, 1.54) is 0 Å². The average molecular weight is 182 g/mol. The Morgan fingerprint density at radius 3 is 1.30 bits per heavy atom. The molecule has 0 aromatic rings. The Kier molecular flexibility index (Phi) is 4.56. The van der Waals surface area contributed by atoms with Gasteiger partial charge in [0.05, 0.1) is 0 Å². The fraction of sp³-hybridized carbons (Fsp3) is 1.00. The van der Waals surface area contributed by atoms with Crippen LogP contribution in [-0.4, -0.2) is 18.5 Å². The van der Waals surface area contributed by atoms with Gasteiger partial charge in [-0.05, 0) is 0 Å². The van der Waals surface area contributed by atoms with Crippen molar-refractivity contribution >= 4 is 10.1 Å². The Morgan fingerprint density at radius 2 is 1.30 bits per heavy atom. The number of hydrazine groups is 1. The molecule has 0 saturated heterocycles. The average Bonchev–Trinajstić information content (AvgIpc) is 1.66. The van der Waals surface area contributed by atoms with E-state index in [2.05, 4.69) is 11.7 Å². The second kappa shape index (κ2) is 3.71. The van der Waals surface area contributed by atoms with E-state index in [4.69, 9.17) is 13.0 Å². The molecule has 10 heavy (non-hydrogen) atoms. The van der Waals surface area contributed by atoms with Crippen LogP contribution >= 0.6 is 0 Å². The maximum absolute atomic E-state index is 10.7. The highest BCUT2D eigenvalue weighted by molar-refractivity contribution is 7.86. The van der Waals surface area contributed by atoms with Crippen LogP contribution in [0.4, 0.5) is 13.2 Å². The zero-order valence-electron chi connectivity index (χ0n) is 4.46. The van der Waals surface area contributed by atoms with Crippen LogP contribution < -0.4 is 11.7 Å². The molecule has 0 fully saturated rings. The third-order valence-corrected chi connectivity index (χ3v) is 0.877. The summed E-state index contributed by atoms with van der Waals surface area (Å²) in [6.45, 7) is 0. The van der Waals surface area contributed by atoms with Crippen molar-refractivity contribution in [2.75, 3.05) is 0 Å². The maximum atomic E-state index is 10.7. The first-order valence-corrected chi connectivity index (χ1v) is 3.06. The van der Waals surface area contributed by atoms with Gasteiger partial charge in [-0.1, -0.05) is 0 Å². The van der Waals surface area contributed by atoms with Crippen molar-refractivity contribution in [1.82, 2.24) is 0 Å². The lowest BCUT2D eigenvalue weighted by atomic mass is 11.6. The molecule has 0 aromatic carbocycles. The largest absolute Gasteiger partial charge is 0.522 e. The van der Waals surface area contributed by atoms with E-state index in [-0.39, 0.29) is 0 Å². The van der Waals surface area contributed by atoms with Gasteiger partial charge < -0.3 is 0 Å². The van der Waals surface area contributed by atoms with Gasteiger partial charge in [-0.25, -0.2) is 0 Å². The molecule has 9 heteroatoms. The molecule has 0 amide bonds. The molecule has 5 nitrogen and oxygen atoms in total. The van der Waals surface area contributed by atoms with E-state index in [9.17, 15) is 13.2 Å². The van der Waals surface area contributed by atoms with Crippen LogP contribution in [0.5, 0.6) is 0 Å². The first kappa shape index (κ1) is 12.3. The molecule has 0 aliphatic carbocycles. The second-order valence-corrected chi connectivity index (χ2v) is 2.33. The summed E-state index contributed by atoms with van der Waals surface area (Å²) in [6, 6.07) is 0. The van der Waals surface area contributed by atoms with Crippen molar-refractivity contribution in [3.8, 4) is 0 Å². The fourth-order valence-electron chi connectivity index (χ4n) is 0. The normalized spacial score (nSPS) is 11.8. The molecule has 0 unspecified atom stereocenters. The number of nitrogens with two attached hydrogens (primary N) is 2.